The van der Waals surface area contributed by atoms with Gasteiger partial charge in [-0.15, -0.1) is 0 Å². The smallest absolute Gasteiger partial charge is 0.331 e. The summed E-state index contributed by atoms with van der Waals surface area (Å²) in [4.78, 5) is 175. The lowest BCUT2D eigenvalue weighted by Crippen LogP contribution is -2.64. The Morgan fingerprint density at radius 2 is 1.23 bits per heavy atom. The van der Waals surface area contributed by atoms with E-state index in [1.54, 1.807) is 41.5 Å². The molecular formula is C61H101N15O17. The van der Waals surface area contributed by atoms with Gasteiger partial charge < -0.3 is 101 Å². The number of nitrogens with one attached hydrogen (secondary N) is 10. The molecule has 1 aliphatic carbocycles. The quantitative estimate of drug-likeness (QED) is 0.0212. The van der Waals surface area contributed by atoms with Crippen molar-refractivity contribution in [3.63, 3.8) is 0 Å². The average Bonchev–Trinajstić information content (AvgIpc) is 0.857. The molecule has 0 aromatic heterocycles. The number of carbonyl (C=O) groups excluding carboxylic acids is 12. The number of nitrogens with two attached hydrogens (primary N) is 4. The summed E-state index contributed by atoms with van der Waals surface area (Å²) in [6.07, 6.45) is -3.22. The highest BCUT2D eigenvalue weighted by atomic mass is 16.5. The molecule has 32 nitrogen and oxygen atoms in total. The first-order chi connectivity index (χ1) is 43.7. The summed E-state index contributed by atoms with van der Waals surface area (Å²) in [5.41, 5.74) is 22.9. The van der Waals surface area contributed by atoms with Crippen molar-refractivity contribution in [3.8, 4) is 0 Å². The second kappa shape index (κ2) is 38.8. The van der Waals surface area contributed by atoms with Crippen LogP contribution in [0.2, 0.25) is 0 Å². The molecule has 93 heavy (non-hydrogen) atoms. The van der Waals surface area contributed by atoms with Crippen LogP contribution in [0.3, 0.4) is 0 Å². The minimum absolute atomic E-state index is 0.0456. The fraction of sp³-hybridized carbons (Fsp3) is 0.689. The number of benzene rings is 1. The van der Waals surface area contributed by atoms with Gasteiger partial charge in [0.2, 0.25) is 65.0 Å². The van der Waals surface area contributed by atoms with Crippen molar-refractivity contribution in [1.29, 1.82) is 0 Å². The molecule has 1 heterocycles. The maximum Gasteiger partial charge on any atom is 0.331 e. The van der Waals surface area contributed by atoms with E-state index in [0.717, 1.165) is 39.0 Å². The predicted molar refractivity (Wildman–Crippen MR) is 338 cm³/mol. The number of carbonyl (C=O) groups is 12. The van der Waals surface area contributed by atoms with E-state index in [1.807, 2.05) is 10.6 Å². The zero-order valence-electron chi connectivity index (χ0n) is 54.6. The number of ether oxygens (including phenoxy) is 1. The van der Waals surface area contributed by atoms with Gasteiger partial charge in [0, 0.05) is 6.54 Å². The van der Waals surface area contributed by atoms with Gasteiger partial charge in [0.05, 0.1) is 31.4 Å². The molecule has 1 aromatic rings. The molecule has 32 heteroatoms. The van der Waals surface area contributed by atoms with E-state index in [2.05, 4.69) is 47.5 Å². The van der Waals surface area contributed by atoms with Crippen LogP contribution in [0.25, 0.3) is 0 Å². The van der Waals surface area contributed by atoms with E-state index in [0.29, 0.717) is 6.42 Å². The van der Waals surface area contributed by atoms with E-state index in [4.69, 9.17) is 27.7 Å². The number of rotatable bonds is 23. The van der Waals surface area contributed by atoms with E-state index < -0.39 is 181 Å². The molecule has 2 fully saturated rings. The van der Waals surface area contributed by atoms with E-state index in [9.17, 15) is 73.2 Å². The number of aliphatic hydroxyl groups is 4. The number of aliphatic hydroxyl groups excluding tert-OH is 4. The molecule has 1 aromatic carbocycles. The topological polar surface area (TPSA) is 532 Å². The molecular weight excluding hydrogens is 1210 g/mol. The Labute approximate surface area is 541 Å². The Hall–Kier alpha value is -8.07. The Bertz CT molecular complexity index is 2730. The van der Waals surface area contributed by atoms with Crippen LogP contribution < -0.4 is 76.1 Å². The van der Waals surface area contributed by atoms with Crippen molar-refractivity contribution in [2.45, 2.75) is 218 Å². The molecule has 11 amide bonds. The maximum absolute atomic E-state index is 15.4. The zero-order chi connectivity index (χ0) is 70.0. The molecule has 0 bridgehead atoms. The molecule has 22 N–H and O–H groups in total. The van der Waals surface area contributed by atoms with Gasteiger partial charge in [-0.3, -0.25) is 57.7 Å². The first kappa shape index (κ1) is 79.2. The van der Waals surface area contributed by atoms with E-state index >= 15 is 4.79 Å². The molecule has 2 aliphatic rings. The third kappa shape index (κ3) is 25.7. The molecule has 0 unspecified atom stereocenters. The van der Waals surface area contributed by atoms with Crippen LogP contribution in [0.4, 0.5) is 0 Å². The monoisotopic (exact) mass is 1320 g/mol. The second-order valence-corrected chi connectivity index (χ2v) is 25.2. The predicted octanol–water partition coefficient (Wildman–Crippen LogP) is -4.51. The summed E-state index contributed by atoms with van der Waals surface area (Å²) in [6, 6.07) is -10.6. The zero-order valence-corrected chi connectivity index (χ0v) is 54.6. The summed E-state index contributed by atoms with van der Waals surface area (Å²) in [7, 11) is 0. The van der Waals surface area contributed by atoms with Crippen LogP contribution in [0.15, 0.2) is 35.3 Å². The van der Waals surface area contributed by atoms with Crippen LogP contribution >= 0.6 is 0 Å². The number of aliphatic imine (C=N–C) groups is 1. The highest BCUT2D eigenvalue weighted by molar-refractivity contribution is 6.00. The molecule has 0 spiro atoms. The normalized spacial score (nSPS) is 25.4. The number of esters is 1. The average molecular weight is 1320 g/mol. The van der Waals surface area contributed by atoms with Gasteiger partial charge in [0.15, 0.2) is 24.2 Å². The van der Waals surface area contributed by atoms with Gasteiger partial charge in [-0.1, -0.05) is 124 Å². The van der Waals surface area contributed by atoms with Gasteiger partial charge in [0.25, 0.3) is 0 Å². The molecule has 522 valence electrons. The van der Waals surface area contributed by atoms with Crippen molar-refractivity contribution in [2.75, 3.05) is 19.7 Å². The molecule has 1 saturated carbocycles. The molecule has 15 atom stereocenters. The van der Waals surface area contributed by atoms with Gasteiger partial charge in [-0.05, 0) is 74.2 Å². The molecule has 0 radical (unpaired) electrons. The summed E-state index contributed by atoms with van der Waals surface area (Å²) in [5, 5.41) is 68.4. The summed E-state index contributed by atoms with van der Waals surface area (Å²) in [5.74, 6) is -16.8. The third-order valence-electron chi connectivity index (χ3n) is 16.0. The molecule has 1 saturated heterocycles. The first-order valence-corrected chi connectivity index (χ1v) is 31.7. The Kier molecular flexibility index (Phi) is 33.1. The largest absolute Gasteiger partial charge is 0.453 e. The number of hydrogen-bond donors (Lipinski definition) is 18. The fourth-order valence-electron chi connectivity index (χ4n) is 10.5. The van der Waals surface area contributed by atoms with Gasteiger partial charge in [-0.2, -0.15) is 0 Å². The van der Waals surface area contributed by atoms with Crippen molar-refractivity contribution in [2.24, 2.45) is 57.5 Å². The van der Waals surface area contributed by atoms with E-state index in [-0.39, 0.29) is 67.9 Å². The lowest BCUT2D eigenvalue weighted by atomic mass is 9.85. The summed E-state index contributed by atoms with van der Waals surface area (Å²) >= 11 is 0. The van der Waals surface area contributed by atoms with E-state index in [1.165, 1.54) is 44.2 Å². The van der Waals surface area contributed by atoms with Crippen molar-refractivity contribution in [1.82, 2.24) is 53.2 Å². The van der Waals surface area contributed by atoms with Crippen molar-refractivity contribution in [3.05, 3.63) is 35.9 Å². The summed E-state index contributed by atoms with van der Waals surface area (Å²) in [6.45, 7) is 11.8. The van der Waals surface area contributed by atoms with Gasteiger partial charge >= 0.3 is 5.97 Å². The standard InChI is InChI=1S/C61H101N15O17/c1-10-32(8)42-56(88)74-43(33(9)78)55(87)67-27-41(79)72-45(48(81)50(63)82)58(90)71-40(28-77)60(92)93-49(35-20-15-12-16-21-35)46(76-54(86)39(25-30(4)5)69-51(83)36(62)26-34-18-13-11-14-19-34)59(91)75-44(47(80)31(6)7)57(89)70-38(24-29(2)3)53(85)68-37(52(84)73-42)22-17-23-66-61(64)65/h12,15-16,20-21,29-34,36-40,42-49,77-78,80-81H,10-11,13-14,17-19,22-28,62H2,1-9H3,(H2,63,82)(H,67,87)(H,68,85)(H,69,83)(H,70,89)(H,71,90)(H,72,79)(H,73,84)(H,74,88)(H,75,91)(H,76,86)(H4,64,65,66)/t32-,33-,36+,37+,38-,39-,40-,42-,43-,44-,45-,46-,47+,48-,49+/m0/s1. The van der Waals surface area contributed by atoms with Gasteiger partial charge in [-0.25, -0.2) is 4.79 Å². The maximum atomic E-state index is 15.4. The second-order valence-electron chi connectivity index (χ2n) is 25.2. The SMILES string of the molecule is CC[C@H](C)[C@@H]1NC(=O)[C@@H](CCCN=C(N)N)NC(=O)[C@H](CC(C)C)NC(=O)[C@H]([C@H](O)C(C)C)NC(=O)[C@@H](NC(=O)[C@H](CC(C)C)NC(=O)[C@H](N)CC2CCCCC2)[C@@H](c2ccccc2)OC(=O)[C@H](CO)NC(=O)[C@H]([C@H](O)C(N)=O)NC(=O)CNC(=O)[C@H]([C@H](C)O)NC1=O. The van der Waals surface area contributed by atoms with Crippen LogP contribution in [0.1, 0.15) is 145 Å². The number of hydrogen-bond acceptors (Lipinski definition) is 19. The van der Waals surface area contributed by atoms with Crippen LogP contribution in [-0.4, -0.2) is 196 Å². The number of amides is 11. The highest BCUT2D eigenvalue weighted by Crippen LogP contribution is 2.28. The van der Waals surface area contributed by atoms with Crippen LogP contribution in [0, 0.1) is 29.6 Å². The van der Waals surface area contributed by atoms with Gasteiger partial charge in [0.1, 0.15) is 48.3 Å². The minimum atomic E-state index is -2.57. The Morgan fingerprint density at radius 3 is 1.78 bits per heavy atom. The van der Waals surface area contributed by atoms with Crippen LogP contribution in [0.5, 0.6) is 0 Å². The molecule has 1 aliphatic heterocycles. The third-order valence-corrected chi connectivity index (χ3v) is 16.0. The lowest BCUT2D eigenvalue weighted by Gasteiger charge is -2.34. The fourth-order valence-corrected chi connectivity index (χ4v) is 10.5. The molecule has 3 rings (SSSR count). The van der Waals surface area contributed by atoms with Crippen molar-refractivity contribution < 1.29 is 82.7 Å². The summed E-state index contributed by atoms with van der Waals surface area (Å²) < 4.78 is 5.96. The number of nitrogens with zero attached hydrogens (tertiary/aromatic N) is 1. The van der Waals surface area contributed by atoms with Crippen LogP contribution in [-0.2, 0) is 62.3 Å². The number of cyclic esters (lactones) is 1. The minimum Gasteiger partial charge on any atom is -0.453 e. The highest BCUT2D eigenvalue weighted by Gasteiger charge is 2.44. The first-order valence-electron chi connectivity index (χ1n) is 31.7. The lowest BCUT2D eigenvalue weighted by molar-refractivity contribution is -0.159. The number of guanidine groups is 1. The Balaban J connectivity index is 2.39. The Morgan fingerprint density at radius 1 is 0.656 bits per heavy atom. The number of primary amides is 1. The van der Waals surface area contributed by atoms with Crippen molar-refractivity contribution >= 4 is 76.9 Å².